The number of carboxylic acids is 1. The van der Waals surface area contributed by atoms with Crippen molar-refractivity contribution in [1.82, 2.24) is 14.5 Å². The fourth-order valence-corrected chi connectivity index (χ4v) is 2.24. The van der Waals surface area contributed by atoms with Crippen molar-refractivity contribution in [2.45, 2.75) is 6.54 Å². The smallest absolute Gasteiger partial charge is 0.365 e. The highest BCUT2D eigenvalue weighted by atomic mass is 79.9. The maximum absolute atomic E-state index is 11.5. The fourth-order valence-electron chi connectivity index (χ4n) is 1.25. The summed E-state index contributed by atoms with van der Waals surface area (Å²) in [6.07, 6.45) is 1.33. The zero-order valence-corrected chi connectivity index (χ0v) is 11.1. The first-order valence-corrected chi connectivity index (χ1v) is 6.31. The van der Waals surface area contributed by atoms with E-state index in [0.29, 0.717) is 5.69 Å². The maximum atomic E-state index is 11.5. The van der Waals surface area contributed by atoms with Crippen LogP contribution >= 0.6 is 27.3 Å². The molecule has 0 aliphatic rings. The molecule has 94 valence electrons. The highest BCUT2D eigenvalue weighted by Gasteiger charge is 2.10. The van der Waals surface area contributed by atoms with Gasteiger partial charge < -0.3 is 5.11 Å². The van der Waals surface area contributed by atoms with Crippen LogP contribution in [-0.2, 0) is 6.54 Å². The first-order chi connectivity index (χ1) is 8.47. The summed E-state index contributed by atoms with van der Waals surface area (Å²) in [5.74, 6) is -1.11. The van der Waals surface area contributed by atoms with Crippen LogP contribution in [0, 0.1) is 0 Å². The molecule has 2 N–H and O–H groups in total. The standard InChI is InChI=1S/C9H6BrN3O4S/c10-5-2-13(9(17)12-6(5)14)1-4-3-18-7(11-4)8(15)16/h2-3H,1H2,(H,15,16)(H,12,14,17). The number of nitrogens with zero attached hydrogens (tertiary/aromatic N) is 2. The molecular formula is C9H6BrN3O4S. The van der Waals surface area contributed by atoms with Gasteiger partial charge in [0.1, 0.15) is 0 Å². The minimum Gasteiger partial charge on any atom is -0.476 e. The first kappa shape index (κ1) is 12.7. The van der Waals surface area contributed by atoms with Gasteiger partial charge in [-0.3, -0.25) is 14.3 Å². The zero-order valence-electron chi connectivity index (χ0n) is 8.71. The van der Waals surface area contributed by atoms with Crippen LogP contribution in [0.1, 0.15) is 15.5 Å². The predicted octanol–water partition coefficient (Wildman–Crippen LogP) is 0.502. The highest BCUT2D eigenvalue weighted by Crippen LogP contribution is 2.10. The van der Waals surface area contributed by atoms with Crippen LogP contribution in [0.3, 0.4) is 0 Å². The van der Waals surface area contributed by atoms with Crippen molar-refractivity contribution in [1.29, 1.82) is 0 Å². The lowest BCUT2D eigenvalue weighted by Gasteiger charge is -2.02. The van der Waals surface area contributed by atoms with Crippen molar-refractivity contribution in [3.05, 3.63) is 47.6 Å². The number of halogens is 1. The van der Waals surface area contributed by atoms with Gasteiger partial charge in [0.2, 0.25) is 5.01 Å². The summed E-state index contributed by atoms with van der Waals surface area (Å²) in [5, 5.41) is 10.2. The molecule has 0 fully saturated rings. The minimum absolute atomic E-state index is 0.0402. The number of thiazole rings is 1. The summed E-state index contributed by atoms with van der Waals surface area (Å²) in [4.78, 5) is 39.2. The van der Waals surface area contributed by atoms with Crippen LogP contribution in [0.4, 0.5) is 0 Å². The molecule has 18 heavy (non-hydrogen) atoms. The Bertz CT molecular complexity index is 717. The lowest BCUT2D eigenvalue weighted by molar-refractivity contribution is 0.0696. The Labute approximate surface area is 112 Å². The average molecular weight is 332 g/mol. The molecule has 0 spiro atoms. The van der Waals surface area contributed by atoms with Gasteiger partial charge in [-0.05, 0) is 15.9 Å². The molecule has 2 rings (SSSR count). The van der Waals surface area contributed by atoms with Gasteiger partial charge in [-0.2, -0.15) is 0 Å². The van der Waals surface area contributed by atoms with Crippen LogP contribution < -0.4 is 11.2 Å². The number of hydrogen-bond donors (Lipinski definition) is 2. The summed E-state index contributed by atoms with van der Waals surface area (Å²) in [7, 11) is 0. The molecule has 0 amide bonds. The van der Waals surface area contributed by atoms with Crippen molar-refractivity contribution in [2.24, 2.45) is 0 Å². The SMILES string of the molecule is O=C(O)c1nc(Cn2cc(Br)c(=O)[nH]c2=O)cs1. The number of carbonyl (C=O) groups is 1. The Morgan fingerprint density at radius 2 is 2.28 bits per heavy atom. The normalized spacial score (nSPS) is 10.5. The second-order valence-electron chi connectivity index (χ2n) is 3.31. The quantitative estimate of drug-likeness (QED) is 0.852. The summed E-state index contributed by atoms with van der Waals surface area (Å²) in [5.41, 5.74) is -0.646. The number of rotatable bonds is 3. The van der Waals surface area contributed by atoms with Crippen molar-refractivity contribution in [3.8, 4) is 0 Å². The van der Waals surface area contributed by atoms with Crippen molar-refractivity contribution in [3.63, 3.8) is 0 Å². The Hall–Kier alpha value is -1.74. The van der Waals surface area contributed by atoms with Gasteiger partial charge in [0, 0.05) is 11.6 Å². The lowest BCUT2D eigenvalue weighted by atomic mass is 10.4. The van der Waals surface area contributed by atoms with E-state index in [1.165, 1.54) is 10.8 Å². The molecule has 2 aromatic heterocycles. The molecule has 0 aliphatic heterocycles. The largest absolute Gasteiger partial charge is 0.476 e. The predicted molar refractivity (Wildman–Crippen MR) is 67.2 cm³/mol. The molecule has 0 bridgehead atoms. The molecule has 7 nitrogen and oxygen atoms in total. The molecule has 0 aromatic carbocycles. The van der Waals surface area contributed by atoms with Gasteiger partial charge in [-0.25, -0.2) is 14.6 Å². The fraction of sp³-hybridized carbons (Fsp3) is 0.111. The van der Waals surface area contributed by atoms with Crippen LogP contribution in [0.15, 0.2) is 25.6 Å². The maximum Gasteiger partial charge on any atom is 0.365 e. The van der Waals surface area contributed by atoms with E-state index in [1.54, 1.807) is 5.38 Å². The van der Waals surface area contributed by atoms with Gasteiger partial charge in [0.25, 0.3) is 5.56 Å². The molecule has 0 saturated carbocycles. The number of aromatic carboxylic acids is 1. The van der Waals surface area contributed by atoms with Crippen LogP contribution in [-0.4, -0.2) is 25.6 Å². The zero-order chi connectivity index (χ0) is 13.3. The van der Waals surface area contributed by atoms with E-state index in [4.69, 9.17) is 5.11 Å². The lowest BCUT2D eigenvalue weighted by Crippen LogP contribution is -2.30. The van der Waals surface area contributed by atoms with Crippen molar-refractivity contribution >= 4 is 33.2 Å². The molecule has 0 saturated heterocycles. The van der Waals surface area contributed by atoms with Gasteiger partial charge in [0.15, 0.2) is 0 Å². The number of nitrogens with one attached hydrogen (secondary N) is 1. The number of carboxylic acid groups (broad SMARTS) is 1. The van der Waals surface area contributed by atoms with E-state index in [2.05, 4.69) is 25.9 Å². The van der Waals surface area contributed by atoms with E-state index < -0.39 is 17.2 Å². The summed E-state index contributed by atoms with van der Waals surface area (Å²) in [6.45, 7) is 0.0952. The van der Waals surface area contributed by atoms with Crippen LogP contribution in [0.25, 0.3) is 0 Å². The minimum atomic E-state index is -1.11. The Kier molecular flexibility index (Phi) is 3.43. The van der Waals surface area contributed by atoms with Crippen LogP contribution in [0.5, 0.6) is 0 Å². The molecule has 2 heterocycles. The third-order valence-corrected chi connectivity index (χ3v) is 3.48. The summed E-state index contributed by atoms with van der Waals surface area (Å²) < 4.78 is 1.45. The van der Waals surface area contributed by atoms with Crippen molar-refractivity contribution < 1.29 is 9.90 Å². The second kappa shape index (κ2) is 4.86. The topological polar surface area (TPSA) is 105 Å². The Morgan fingerprint density at radius 3 is 2.89 bits per heavy atom. The van der Waals surface area contributed by atoms with E-state index in [9.17, 15) is 14.4 Å². The van der Waals surface area contributed by atoms with Gasteiger partial charge in [-0.1, -0.05) is 0 Å². The second-order valence-corrected chi connectivity index (χ2v) is 5.03. The number of H-pyrrole nitrogens is 1. The molecule has 0 radical (unpaired) electrons. The number of aromatic nitrogens is 3. The van der Waals surface area contributed by atoms with Crippen molar-refractivity contribution in [2.75, 3.05) is 0 Å². The van der Waals surface area contributed by atoms with E-state index in [0.717, 1.165) is 11.3 Å². The first-order valence-electron chi connectivity index (χ1n) is 4.64. The average Bonchev–Trinajstić information content (AvgIpc) is 2.74. The molecule has 9 heteroatoms. The summed E-state index contributed by atoms with van der Waals surface area (Å²) in [6, 6.07) is 0. The number of hydrogen-bond acceptors (Lipinski definition) is 5. The molecule has 0 aliphatic carbocycles. The van der Waals surface area contributed by atoms with E-state index in [1.807, 2.05) is 0 Å². The van der Waals surface area contributed by atoms with E-state index >= 15 is 0 Å². The molecule has 0 atom stereocenters. The monoisotopic (exact) mass is 331 g/mol. The molecular weight excluding hydrogens is 326 g/mol. The third kappa shape index (κ3) is 2.57. The Balaban J connectivity index is 2.34. The third-order valence-electron chi connectivity index (χ3n) is 2.03. The summed E-state index contributed by atoms with van der Waals surface area (Å²) >= 11 is 3.99. The molecule has 0 unspecified atom stereocenters. The van der Waals surface area contributed by atoms with Gasteiger partial charge in [0.05, 0.1) is 16.7 Å². The molecule has 2 aromatic rings. The van der Waals surface area contributed by atoms with E-state index in [-0.39, 0.29) is 16.0 Å². The Morgan fingerprint density at radius 1 is 1.56 bits per heavy atom. The highest BCUT2D eigenvalue weighted by molar-refractivity contribution is 9.10. The van der Waals surface area contributed by atoms with Gasteiger partial charge >= 0.3 is 11.7 Å². The van der Waals surface area contributed by atoms with Crippen LogP contribution in [0.2, 0.25) is 0 Å². The van der Waals surface area contributed by atoms with Gasteiger partial charge in [-0.15, -0.1) is 11.3 Å². The number of aromatic amines is 1.